The van der Waals surface area contributed by atoms with Gasteiger partial charge in [0, 0.05) is 18.8 Å². The van der Waals surface area contributed by atoms with E-state index in [2.05, 4.69) is 15.2 Å². The van der Waals surface area contributed by atoms with E-state index in [1.807, 2.05) is 24.6 Å². The maximum absolute atomic E-state index is 11.6. The number of nitrogens with two attached hydrogens (primary N) is 1. The normalized spacial score (nSPS) is 12.0. The van der Waals surface area contributed by atoms with Crippen molar-refractivity contribution in [1.29, 1.82) is 0 Å². The first-order valence-corrected chi connectivity index (χ1v) is 6.66. The average Bonchev–Trinajstić information content (AvgIpc) is 2.72. The van der Waals surface area contributed by atoms with E-state index in [4.69, 9.17) is 5.73 Å². The van der Waals surface area contributed by atoms with Crippen molar-refractivity contribution in [3.63, 3.8) is 0 Å². The molecule has 1 aromatic rings. The largest absolute Gasteiger partial charge is 0.464 e. The zero-order valence-electron chi connectivity index (χ0n) is 12.2. The van der Waals surface area contributed by atoms with Crippen molar-refractivity contribution in [2.45, 2.75) is 39.8 Å². The first-order valence-electron chi connectivity index (χ1n) is 6.66. The fourth-order valence-electron chi connectivity index (χ4n) is 1.79. The number of hydrogen-bond donors (Lipinski definition) is 2. The molecule has 1 atom stereocenters. The summed E-state index contributed by atoms with van der Waals surface area (Å²) >= 11 is 0. The summed E-state index contributed by atoms with van der Waals surface area (Å²) in [4.78, 5) is 22.8. The maximum Gasteiger partial charge on any atom is 0.332 e. The smallest absolute Gasteiger partial charge is 0.332 e. The summed E-state index contributed by atoms with van der Waals surface area (Å²) in [6.45, 7) is 6.92. The van der Waals surface area contributed by atoms with Crippen LogP contribution in [0.15, 0.2) is 6.07 Å². The van der Waals surface area contributed by atoms with Crippen LogP contribution >= 0.6 is 0 Å². The third kappa shape index (κ3) is 4.65. The number of nitrogens with zero attached hydrogens (tertiary/aromatic N) is 2. The lowest BCUT2D eigenvalue weighted by atomic mass is 10.3. The van der Waals surface area contributed by atoms with Crippen LogP contribution in [0.25, 0.3) is 0 Å². The van der Waals surface area contributed by atoms with Gasteiger partial charge in [-0.2, -0.15) is 5.10 Å². The number of amides is 1. The molecule has 0 bridgehead atoms. The zero-order valence-corrected chi connectivity index (χ0v) is 12.2. The van der Waals surface area contributed by atoms with Crippen molar-refractivity contribution in [3.8, 4) is 0 Å². The molecule has 0 aromatic carbocycles. The molecule has 3 N–H and O–H groups in total. The third-order valence-electron chi connectivity index (χ3n) is 2.77. The van der Waals surface area contributed by atoms with Gasteiger partial charge in [-0.05, 0) is 33.3 Å². The van der Waals surface area contributed by atoms with E-state index in [1.165, 1.54) is 0 Å². The molecular weight excluding hydrogens is 260 g/mol. The number of carbonyl (C=O) groups is 2. The lowest BCUT2D eigenvalue weighted by Gasteiger charge is -2.11. The Labute approximate surface area is 118 Å². The quantitative estimate of drug-likeness (QED) is 0.413. The van der Waals surface area contributed by atoms with Crippen molar-refractivity contribution in [2.24, 2.45) is 5.73 Å². The van der Waals surface area contributed by atoms with E-state index >= 15 is 0 Å². The Bertz CT molecular complexity index is 470. The number of nitrogens with one attached hydrogen (secondary N) is 1. The summed E-state index contributed by atoms with van der Waals surface area (Å²) in [5.41, 5.74) is 7.51. The summed E-state index contributed by atoms with van der Waals surface area (Å²) in [7, 11) is 0. The molecular formula is C13H22N4O3. The molecule has 0 saturated heterocycles. The standard InChI is InChI=1S/C13H22N4O3/c1-4-20-13(19)11(14)12(18)15-6-5-7-17-10(3)8-9(2)16-17/h8,11H,4-7,14H2,1-3H3,(H,15,18). The van der Waals surface area contributed by atoms with Crippen LogP contribution in [0.5, 0.6) is 0 Å². The second-order valence-corrected chi connectivity index (χ2v) is 4.52. The van der Waals surface area contributed by atoms with Crippen LogP contribution in [0.2, 0.25) is 0 Å². The first-order chi connectivity index (χ1) is 9.45. The summed E-state index contributed by atoms with van der Waals surface area (Å²) in [5.74, 6) is -1.22. The van der Waals surface area contributed by atoms with E-state index in [1.54, 1.807) is 6.92 Å². The molecule has 112 valence electrons. The van der Waals surface area contributed by atoms with E-state index in [0.29, 0.717) is 19.5 Å². The van der Waals surface area contributed by atoms with Crippen LogP contribution in [0, 0.1) is 13.8 Å². The second kappa shape index (κ2) is 7.64. The number of aromatic nitrogens is 2. The van der Waals surface area contributed by atoms with Crippen molar-refractivity contribution in [2.75, 3.05) is 13.2 Å². The van der Waals surface area contributed by atoms with Gasteiger partial charge >= 0.3 is 5.97 Å². The molecule has 0 saturated carbocycles. The molecule has 0 spiro atoms. The highest BCUT2D eigenvalue weighted by Gasteiger charge is 2.22. The molecule has 7 nitrogen and oxygen atoms in total. The number of carbonyl (C=O) groups excluding carboxylic acids is 2. The van der Waals surface area contributed by atoms with Gasteiger partial charge in [0.2, 0.25) is 5.91 Å². The minimum Gasteiger partial charge on any atom is -0.464 e. The van der Waals surface area contributed by atoms with Gasteiger partial charge in [-0.1, -0.05) is 0 Å². The first kappa shape index (κ1) is 16.2. The highest BCUT2D eigenvalue weighted by molar-refractivity contribution is 6.01. The highest BCUT2D eigenvalue weighted by Crippen LogP contribution is 2.02. The SMILES string of the molecule is CCOC(=O)C(N)C(=O)NCCCn1nc(C)cc1C. The Morgan fingerprint density at radius 2 is 2.20 bits per heavy atom. The lowest BCUT2D eigenvalue weighted by molar-refractivity contribution is -0.147. The van der Waals surface area contributed by atoms with E-state index in [-0.39, 0.29) is 6.61 Å². The molecule has 0 aliphatic rings. The number of hydrogen-bond acceptors (Lipinski definition) is 5. The number of aryl methyl sites for hydroxylation is 3. The topological polar surface area (TPSA) is 99.2 Å². The number of esters is 1. The van der Waals surface area contributed by atoms with Crippen LogP contribution in [-0.4, -0.2) is 40.9 Å². The summed E-state index contributed by atoms with van der Waals surface area (Å²) < 4.78 is 6.56. The van der Waals surface area contributed by atoms with Crippen LogP contribution in [0.4, 0.5) is 0 Å². The van der Waals surface area contributed by atoms with Gasteiger partial charge in [-0.15, -0.1) is 0 Å². The van der Waals surface area contributed by atoms with E-state index in [9.17, 15) is 9.59 Å². The van der Waals surface area contributed by atoms with Gasteiger partial charge in [0.15, 0.2) is 6.04 Å². The molecule has 1 rings (SSSR count). The van der Waals surface area contributed by atoms with E-state index < -0.39 is 17.9 Å². The van der Waals surface area contributed by atoms with Gasteiger partial charge in [-0.25, -0.2) is 4.79 Å². The zero-order chi connectivity index (χ0) is 15.1. The summed E-state index contributed by atoms with van der Waals surface area (Å²) in [5, 5.41) is 6.93. The minimum atomic E-state index is -1.26. The minimum absolute atomic E-state index is 0.206. The van der Waals surface area contributed by atoms with Crippen molar-refractivity contribution in [3.05, 3.63) is 17.5 Å². The molecule has 0 fully saturated rings. The molecule has 1 amide bonds. The fourth-order valence-corrected chi connectivity index (χ4v) is 1.79. The molecule has 0 aliphatic heterocycles. The average molecular weight is 282 g/mol. The van der Waals surface area contributed by atoms with Crippen LogP contribution in [-0.2, 0) is 20.9 Å². The molecule has 0 aliphatic carbocycles. The Kier molecular flexibility index (Phi) is 6.17. The second-order valence-electron chi connectivity index (χ2n) is 4.52. The number of rotatable bonds is 7. The number of ether oxygens (including phenoxy) is 1. The van der Waals surface area contributed by atoms with Crippen molar-refractivity contribution < 1.29 is 14.3 Å². The predicted octanol–water partition coefficient (Wildman–Crippen LogP) is -0.103. The summed E-state index contributed by atoms with van der Waals surface area (Å²) in [6, 6.07) is 0.735. The van der Waals surface area contributed by atoms with Crippen LogP contribution < -0.4 is 11.1 Å². The van der Waals surface area contributed by atoms with Crippen molar-refractivity contribution in [1.82, 2.24) is 15.1 Å². The van der Waals surface area contributed by atoms with Crippen LogP contribution in [0.1, 0.15) is 24.7 Å². The highest BCUT2D eigenvalue weighted by atomic mass is 16.5. The Hall–Kier alpha value is -1.89. The molecule has 0 radical (unpaired) electrons. The third-order valence-corrected chi connectivity index (χ3v) is 2.77. The van der Waals surface area contributed by atoms with Gasteiger partial charge in [-0.3, -0.25) is 9.48 Å². The Morgan fingerprint density at radius 3 is 2.75 bits per heavy atom. The van der Waals surface area contributed by atoms with Gasteiger partial charge < -0.3 is 15.8 Å². The van der Waals surface area contributed by atoms with Gasteiger partial charge in [0.05, 0.1) is 12.3 Å². The molecule has 20 heavy (non-hydrogen) atoms. The van der Waals surface area contributed by atoms with Crippen LogP contribution in [0.3, 0.4) is 0 Å². The fraction of sp³-hybridized carbons (Fsp3) is 0.615. The monoisotopic (exact) mass is 282 g/mol. The Balaban J connectivity index is 2.28. The Morgan fingerprint density at radius 1 is 1.50 bits per heavy atom. The van der Waals surface area contributed by atoms with E-state index in [0.717, 1.165) is 11.4 Å². The molecule has 1 unspecified atom stereocenters. The predicted molar refractivity (Wildman–Crippen MR) is 73.9 cm³/mol. The maximum atomic E-state index is 11.6. The van der Waals surface area contributed by atoms with Crippen molar-refractivity contribution >= 4 is 11.9 Å². The molecule has 7 heteroatoms. The molecule has 1 heterocycles. The van der Waals surface area contributed by atoms with Gasteiger partial charge in [0.25, 0.3) is 0 Å². The molecule has 1 aromatic heterocycles. The lowest BCUT2D eigenvalue weighted by Crippen LogP contribution is -2.47. The summed E-state index contributed by atoms with van der Waals surface area (Å²) in [6.07, 6.45) is 0.712. The van der Waals surface area contributed by atoms with Gasteiger partial charge in [0.1, 0.15) is 0 Å².